The number of likely N-dealkylation sites (tertiary alicyclic amines) is 1. The first-order valence-corrected chi connectivity index (χ1v) is 9.24. The van der Waals surface area contributed by atoms with E-state index in [9.17, 15) is 0 Å². The lowest BCUT2D eigenvalue weighted by atomic mass is 9.86. The lowest BCUT2D eigenvalue weighted by Crippen LogP contribution is -2.59. The summed E-state index contributed by atoms with van der Waals surface area (Å²) >= 11 is 0. The van der Waals surface area contributed by atoms with Gasteiger partial charge in [0.2, 0.25) is 0 Å². The number of piperidine rings is 1. The molecule has 2 heterocycles. The quantitative estimate of drug-likeness (QED) is 0.775. The van der Waals surface area contributed by atoms with Gasteiger partial charge in [0.15, 0.2) is 0 Å². The molecule has 0 aliphatic carbocycles. The molecule has 0 amide bonds. The van der Waals surface area contributed by atoms with Crippen LogP contribution in [0.1, 0.15) is 45.4 Å². The Morgan fingerprint density at radius 2 is 2.04 bits per heavy atom. The van der Waals surface area contributed by atoms with Crippen LogP contribution in [0.2, 0.25) is 0 Å². The first-order chi connectivity index (χ1) is 11.0. The molecule has 0 aromatic carbocycles. The molecule has 0 saturated carbocycles. The van der Waals surface area contributed by atoms with E-state index in [2.05, 4.69) is 30.8 Å². The van der Waals surface area contributed by atoms with Gasteiger partial charge in [0.1, 0.15) is 0 Å². The zero-order chi connectivity index (χ0) is 16.9. The number of nitrogens with two attached hydrogens (primary N) is 1. The first kappa shape index (κ1) is 18.8. The van der Waals surface area contributed by atoms with Crippen molar-refractivity contribution in [3.05, 3.63) is 0 Å². The van der Waals surface area contributed by atoms with Crippen LogP contribution in [0, 0.1) is 0 Å². The molecular weight excluding hydrogens is 288 g/mol. The summed E-state index contributed by atoms with van der Waals surface area (Å²) in [6.07, 6.45) is 6.77. The Morgan fingerprint density at radius 3 is 2.61 bits per heavy atom. The molecule has 0 aromatic rings. The van der Waals surface area contributed by atoms with E-state index in [1.54, 1.807) is 0 Å². The van der Waals surface area contributed by atoms with Gasteiger partial charge < -0.3 is 15.4 Å². The number of aliphatic imine (C=N–C) groups is 1. The van der Waals surface area contributed by atoms with Crippen LogP contribution in [0.3, 0.4) is 0 Å². The number of methoxy groups -OCH3 is 1. The summed E-state index contributed by atoms with van der Waals surface area (Å²) in [4.78, 5) is 9.54. The molecule has 0 radical (unpaired) electrons. The van der Waals surface area contributed by atoms with E-state index < -0.39 is 0 Å². The molecule has 5 nitrogen and oxygen atoms in total. The van der Waals surface area contributed by atoms with E-state index in [0.717, 1.165) is 51.9 Å². The van der Waals surface area contributed by atoms with Crippen molar-refractivity contribution >= 4 is 5.71 Å². The third kappa shape index (κ3) is 4.75. The molecule has 2 aliphatic rings. The van der Waals surface area contributed by atoms with Crippen molar-refractivity contribution in [3.63, 3.8) is 0 Å². The number of hydrogen-bond acceptors (Lipinski definition) is 5. The maximum absolute atomic E-state index is 6.56. The maximum atomic E-state index is 6.56. The van der Waals surface area contributed by atoms with Crippen molar-refractivity contribution in [2.45, 2.75) is 63.1 Å². The van der Waals surface area contributed by atoms with E-state index in [0.29, 0.717) is 6.04 Å². The number of likely N-dealkylation sites (N-methyl/N-ethyl adjacent to an activating group) is 1. The van der Waals surface area contributed by atoms with Gasteiger partial charge in [-0.25, -0.2) is 0 Å². The summed E-state index contributed by atoms with van der Waals surface area (Å²) in [5, 5.41) is 0. The molecule has 0 bridgehead atoms. The first-order valence-electron chi connectivity index (χ1n) is 9.24. The smallest absolute Gasteiger partial charge is 0.0829 e. The largest absolute Gasteiger partial charge is 0.377 e. The number of rotatable bonds is 7. The van der Waals surface area contributed by atoms with Gasteiger partial charge in [0, 0.05) is 45.0 Å². The van der Waals surface area contributed by atoms with Crippen LogP contribution >= 0.6 is 0 Å². The van der Waals surface area contributed by atoms with Crippen LogP contribution in [0.25, 0.3) is 0 Å². The van der Waals surface area contributed by atoms with E-state index in [1.165, 1.54) is 18.6 Å². The third-order valence-electron chi connectivity index (χ3n) is 5.54. The highest BCUT2D eigenvalue weighted by molar-refractivity contribution is 5.90. The zero-order valence-corrected chi connectivity index (χ0v) is 15.6. The minimum absolute atomic E-state index is 0.0118. The second-order valence-electron chi connectivity index (χ2n) is 7.52. The molecule has 134 valence electrons. The minimum atomic E-state index is 0.0118. The van der Waals surface area contributed by atoms with Crippen molar-refractivity contribution in [3.8, 4) is 0 Å². The zero-order valence-electron chi connectivity index (χ0n) is 15.6. The number of ether oxygens (including phenoxy) is 1. The topological polar surface area (TPSA) is 54.1 Å². The van der Waals surface area contributed by atoms with Crippen LogP contribution in [0.15, 0.2) is 4.99 Å². The number of hydrogen-bond donors (Lipinski definition) is 1. The maximum Gasteiger partial charge on any atom is 0.0829 e. The molecule has 2 unspecified atom stereocenters. The molecule has 5 heteroatoms. The highest BCUT2D eigenvalue weighted by Gasteiger charge is 2.39. The predicted octanol–water partition coefficient (Wildman–Crippen LogP) is 1.76. The molecule has 2 aliphatic heterocycles. The Balaban J connectivity index is 1.93. The average Bonchev–Trinajstić information content (AvgIpc) is 2.54. The molecule has 23 heavy (non-hydrogen) atoms. The van der Waals surface area contributed by atoms with Crippen molar-refractivity contribution < 1.29 is 4.74 Å². The van der Waals surface area contributed by atoms with Crippen molar-refractivity contribution in [1.82, 2.24) is 9.80 Å². The Hall–Kier alpha value is -0.490. The second-order valence-corrected chi connectivity index (χ2v) is 7.52. The highest BCUT2D eigenvalue weighted by atomic mass is 16.5. The second kappa shape index (κ2) is 8.56. The van der Waals surface area contributed by atoms with Crippen LogP contribution in [0.4, 0.5) is 0 Å². The van der Waals surface area contributed by atoms with Gasteiger partial charge in [-0.15, -0.1) is 0 Å². The standard InChI is InChI=1S/C18H36N4O/c1-5-6-7-15-17(19)16(8-11-20-15)22-12-9-18(23-4,10-13-22)14-21(2)3/h16-17H,5-14,19H2,1-4H3. The van der Waals surface area contributed by atoms with Crippen LogP contribution < -0.4 is 5.73 Å². The number of nitrogens with zero attached hydrogens (tertiary/aromatic N) is 3. The Kier molecular flexibility index (Phi) is 7.01. The summed E-state index contributed by atoms with van der Waals surface area (Å²) < 4.78 is 5.90. The summed E-state index contributed by atoms with van der Waals surface area (Å²) in [6, 6.07) is 0.591. The van der Waals surface area contributed by atoms with Gasteiger partial charge in [0.05, 0.1) is 11.6 Å². The van der Waals surface area contributed by atoms with E-state index in [-0.39, 0.29) is 11.6 Å². The van der Waals surface area contributed by atoms with Crippen molar-refractivity contribution in [2.24, 2.45) is 10.7 Å². The van der Waals surface area contributed by atoms with E-state index >= 15 is 0 Å². The normalized spacial score (nSPS) is 28.9. The lowest BCUT2D eigenvalue weighted by molar-refractivity contribution is -0.0768. The molecular formula is C18H36N4O. The van der Waals surface area contributed by atoms with Gasteiger partial charge in [-0.2, -0.15) is 0 Å². The molecule has 0 spiro atoms. The summed E-state index contributed by atoms with van der Waals surface area (Å²) in [5.41, 5.74) is 7.83. The summed E-state index contributed by atoms with van der Waals surface area (Å²) in [6.45, 7) is 6.34. The van der Waals surface area contributed by atoms with Gasteiger partial charge in [-0.3, -0.25) is 9.89 Å². The van der Waals surface area contributed by atoms with Gasteiger partial charge in [-0.1, -0.05) is 13.3 Å². The number of unbranched alkanes of at least 4 members (excludes halogenated alkanes) is 1. The van der Waals surface area contributed by atoms with Gasteiger partial charge in [-0.05, 0) is 46.2 Å². The fourth-order valence-corrected chi connectivity index (χ4v) is 4.13. The highest BCUT2D eigenvalue weighted by Crippen LogP contribution is 2.29. The minimum Gasteiger partial charge on any atom is -0.377 e. The fourth-order valence-electron chi connectivity index (χ4n) is 4.13. The SMILES string of the molecule is CCCCC1=NCCC(N2CCC(CN(C)C)(OC)CC2)C1N. The molecule has 1 saturated heterocycles. The average molecular weight is 325 g/mol. The summed E-state index contributed by atoms with van der Waals surface area (Å²) in [7, 11) is 6.11. The molecule has 2 atom stereocenters. The third-order valence-corrected chi connectivity index (χ3v) is 5.54. The van der Waals surface area contributed by atoms with E-state index in [4.69, 9.17) is 15.5 Å². The summed E-state index contributed by atoms with van der Waals surface area (Å²) in [5.74, 6) is 0. The van der Waals surface area contributed by atoms with Crippen LogP contribution in [-0.4, -0.2) is 80.6 Å². The lowest BCUT2D eigenvalue weighted by Gasteiger charge is -2.46. The van der Waals surface area contributed by atoms with Crippen LogP contribution in [-0.2, 0) is 4.74 Å². The van der Waals surface area contributed by atoms with Gasteiger partial charge >= 0.3 is 0 Å². The molecule has 2 N–H and O–H groups in total. The molecule has 2 rings (SSSR count). The Labute approximate surface area is 142 Å². The Bertz CT molecular complexity index is 388. The molecule has 0 aromatic heterocycles. The monoisotopic (exact) mass is 324 g/mol. The van der Waals surface area contributed by atoms with Crippen molar-refractivity contribution in [1.29, 1.82) is 0 Å². The predicted molar refractivity (Wildman–Crippen MR) is 97.3 cm³/mol. The van der Waals surface area contributed by atoms with Gasteiger partial charge in [0.25, 0.3) is 0 Å². The van der Waals surface area contributed by atoms with Crippen molar-refractivity contribution in [2.75, 3.05) is 47.4 Å². The Morgan fingerprint density at radius 1 is 1.35 bits per heavy atom. The molecule has 1 fully saturated rings. The fraction of sp³-hybridized carbons (Fsp3) is 0.944. The van der Waals surface area contributed by atoms with Crippen LogP contribution in [0.5, 0.6) is 0 Å². The van der Waals surface area contributed by atoms with E-state index in [1.807, 2.05) is 7.11 Å².